The molecule has 170 valence electrons. The standard InChI is InChI=1S/C21H20ClN7O4/c22-15-2-4-18(23-10-15)26-20-19(29(30)31)21(25-12-24-20)28-7-5-27(6-8-28)11-14-1-3-16-17(9-14)33-13-32-16/h1-4,9-10,12H,5-8,11,13H2,(H,23,24,25,26). The lowest BCUT2D eigenvalue weighted by molar-refractivity contribution is -0.383. The molecule has 0 spiro atoms. The van der Waals surface area contributed by atoms with Crippen molar-refractivity contribution >= 4 is 34.7 Å². The first kappa shape index (κ1) is 21.2. The highest BCUT2D eigenvalue weighted by Gasteiger charge is 2.29. The lowest BCUT2D eigenvalue weighted by atomic mass is 10.1. The van der Waals surface area contributed by atoms with Gasteiger partial charge in [0.2, 0.25) is 18.4 Å². The minimum absolute atomic E-state index is 0.0858. The van der Waals surface area contributed by atoms with Crippen molar-refractivity contribution in [3.05, 3.63) is 63.6 Å². The number of aromatic nitrogens is 3. The first-order valence-electron chi connectivity index (χ1n) is 10.3. The summed E-state index contributed by atoms with van der Waals surface area (Å²) in [6.45, 7) is 3.67. The average Bonchev–Trinajstić information content (AvgIpc) is 3.29. The van der Waals surface area contributed by atoms with Gasteiger partial charge in [0.15, 0.2) is 11.5 Å². The van der Waals surface area contributed by atoms with Gasteiger partial charge in [0.05, 0.1) is 9.95 Å². The number of nitrogens with one attached hydrogen (secondary N) is 1. The molecule has 0 aliphatic carbocycles. The second-order valence-corrected chi connectivity index (χ2v) is 8.03. The third kappa shape index (κ3) is 4.59. The number of hydrogen-bond donors (Lipinski definition) is 1. The molecule has 1 aromatic carbocycles. The number of rotatable bonds is 6. The number of anilines is 3. The Morgan fingerprint density at radius 3 is 2.64 bits per heavy atom. The van der Waals surface area contributed by atoms with Gasteiger partial charge in [-0.15, -0.1) is 0 Å². The van der Waals surface area contributed by atoms with Crippen molar-refractivity contribution in [2.75, 3.05) is 43.2 Å². The van der Waals surface area contributed by atoms with Crippen molar-refractivity contribution in [1.29, 1.82) is 0 Å². The molecule has 3 aromatic rings. The van der Waals surface area contributed by atoms with Gasteiger partial charge in [-0.3, -0.25) is 15.0 Å². The summed E-state index contributed by atoms with van der Waals surface area (Å²) < 4.78 is 10.8. The zero-order valence-electron chi connectivity index (χ0n) is 17.5. The van der Waals surface area contributed by atoms with Gasteiger partial charge in [-0.1, -0.05) is 17.7 Å². The molecule has 0 saturated carbocycles. The fourth-order valence-corrected chi connectivity index (χ4v) is 3.96. The van der Waals surface area contributed by atoms with E-state index in [9.17, 15) is 10.1 Å². The normalized spacial score (nSPS) is 15.5. The first-order chi connectivity index (χ1) is 16.1. The SMILES string of the molecule is O=[N+]([O-])c1c(Nc2ccc(Cl)cn2)ncnc1N1CCN(Cc2ccc3c(c2)OCO3)CC1. The van der Waals surface area contributed by atoms with Crippen molar-refractivity contribution in [3.63, 3.8) is 0 Å². The number of halogens is 1. The molecule has 12 heteroatoms. The van der Waals surface area contributed by atoms with Crippen LogP contribution in [0, 0.1) is 10.1 Å². The average molecular weight is 470 g/mol. The monoisotopic (exact) mass is 469 g/mol. The Kier molecular flexibility index (Phi) is 5.80. The van der Waals surface area contributed by atoms with E-state index in [1.165, 1.54) is 12.5 Å². The van der Waals surface area contributed by atoms with E-state index in [1.807, 2.05) is 23.1 Å². The van der Waals surface area contributed by atoms with Crippen LogP contribution in [0.4, 0.5) is 23.1 Å². The van der Waals surface area contributed by atoms with E-state index in [0.717, 1.165) is 36.7 Å². The molecule has 1 saturated heterocycles. The molecule has 1 N–H and O–H groups in total. The van der Waals surface area contributed by atoms with Crippen molar-refractivity contribution in [1.82, 2.24) is 19.9 Å². The Morgan fingerprint density at radius 2 is 1.88 bits per heavy atom. The predicted octanol–water partition coefficient (Wildman–Crippen LogP) is 3.23. The second kappa shape index (κ2) is 9.04. The number of benzene rings is 1. The lowest BCUT2D eigenvalue weighted by Crippen LogP contribution is -2.46. The number of fused-ring (bicyclic) bond motifs is 1. The Hall–Kier alpha value is -3.70. The smallest absolute Gasteiger partial charge is 0.353 e. The van der Waals surface area contributed by atoms with Crippen molar-refractivity contribution in [2.45, 2.75) is 6.54 Å². The van der Waals surface area contributed by atoms with E-state index in [0.29, 0.717) is 23.9 Å². The molecule has 11 nitrogen and oxygen atoms in total. The van der Waals surface area contributed by atoms with Crippen LogP contribution in [0.1, 0.15) is 5.56 Å². The molecular formula is C21H20ClN7O4. The lowest BCUT2D eigenvalue weighted by Gasteiger charge is -2.35. The molecule has 0 unspecified atom stereocenters. The number of ether oxygens (including phenoxy) is 2. The highest BCUT2D eigenvalue weighted by Crippen LogP contribution is 2.35. The summed E-state index contributed by atoms with van der Waals surface area (Å²) in [7, 11) is 0. The highest BCUT2D eigenvalue weighted by molar-refractivity contribution is 6.30. The fraction of sp³-hybridized carbons (Fsp3) is 0.286. The van der Waals surface area contributed by atoms with Gasteiger partial charge in [-0.2, -0.15) is 0 Å². The van der Waals surface area contributed by atoms with Gasteiger partial charge in [0.1, 0.15) is 12.1 Å². The summed E-state index contributed by atoms with van der Waals surface area (Å²) in [5, 5.41) is 15.3. The van der Waals surface area contributed by atoms with Crippen molar-refractivity contribution < 1.29 is 14.4 Å². The zero-order chi connectivity index (χ0) is 22.8. The summed E-state index contributed by atoms with van der Waals surface area (Å²) in [4.78, 5) is 28.1. The van der Waals surface area contributed by atoms with Crippen LogP contribution in [0.5, 0.6) is 11.5 Å². The van der Waals surface area contributed by atoms with Gasteiger partial charge in [0, 0.05) is 38.9 Å². The Balaban J connectivity index is 1.28. The van der Waals surface area contributed by atoms with Gasteiger partial charge < -0.3 is 19.7 Å². The third-order valence-corrected chi connectivity index (χ3v) is 5.70. The van der Waals surface area contributed by atoms with Gasteiger partial charge in [0.25, 0.3) is 0 Å². The summed E-state index contributed by atoms with van der Waals surface area (Å²) in [5.74, 6) is 2.30. The van der Waals surface area contributed by atoms with Crippen LogP contribution in [0.15, 0.2) is 42.9 Å². The number of nitrogens with zero attached hydrogens (tertiary/aromatic N) is 6. The Labute approximate surface area is 194 Å². The molecular weight excluding hydrogens is 450 g/mol. The van der Waals surface area contributed by atoms with Crippen LogP contribution in [0.3, 0.4) is 0 Å². The number of piperazine rings is 1. The molecule has 0 bridgehead atoms. The van der Waals surface area contributed by atoms with Crippen molar-refractivity contribution in [2.24, 2.45) is 0 Å². The van der Waals surface area contributed by atoms with E-state index in [4.69, 9.17) is 21.1 Å². The summed E-state index contributed by atoms with van der Waals surface area (Å²) in [6, 6.07) is 9.21. The number of nitro groups is 1. The molecule has 2 aliphatic rings. The number of hydrogen-bond acceptors (Lipinski definition) is 10. The molecule has 0 radical (unpaired) electrons. The van der Waals surface area contributed by atoms with Gasteiger partial charge in [-0.25, -0.2) is 15.0 Å². The molecule has 0 atom stereocenters. The van der Waals surface area contributed by atoms with Crippen LogP contribution in [-0.4, -0.2) is 57.7 Å². The van der Waals surface area contributed by atoms with Crippen molar-refractivity contribution in [3.8, 4) is 11.5 Å². The van der Waals surface area contributed by atoms with Crippen LogP contribution in [0.25, 0.3) is 0 Å². The van der Waals surface area contributed by atoms with Crippen LogP contribution in [-0.2, 0) is 6.54 Å². The molecule has 1 fully saturated rings. The minimum atomic E-state index is -0.466. The van der Waals surface area contributed by atoms with Crippen LogP contribution >= 0.6 is 11.6 Å². The zero-order valence-corrected chi connectivity index (χ0v) is 18.2. The summed E-state index contributed by atoms with van der Waals surface area (Å²) >= 11 is 5.86. The Morgan fingerprint density at radius 1 is 1.06 bits per heavy atom. The van der Waals surface area contributed by atoms with E-state index < -0.39 is 4.92 Å². The van der Waals surface area contributed by atoms with E-state index in [-0.39, 0.29) is 24.1 Å². The van der Waals surface area contributed by atoms with Gasteiger partial charge in [-0.05, 0) is 29.8 Å². The van der Waals surface area contributed by atoms with E-state index >= 15 is 0 Å². The molecule has 0 amide bonds. The fourth-order valence-electron chi connectivity index (χ4n) is 3.85. The number of pyridine rings is 1. The molecule has 5 rings (SSSR count). The molecule has 4 heterocycles. The molecule has 2 aromatic heterocycles. The third-order valence-electron chi connectivity index (χ3n) is 5.47. The summed E-state index contributed by atoms with van der Waals surface area (Å²) in [5.41, 5.74) is 0.945. The summed E-state index contributed by atoms with van der Waals surface area (Å²) in [6.07, 6.45) is 2.77. The van der Waals surface area contributed by atoms with Gasteiger partial charge >= 0.3 is 5.69 Å². The topological polar surface area (TPSA) is 119 Å². The maximum absolute atomic E-state index is 11.9. The largest absolute Gasteiger partial charge is 0.454 e. The predicted molar refractivity (Wildman–Crippen MR) is 121 cm³/mol. The highest BCUT2D eigenvalue weighted by atomic mass is 35.5. The maximum Gasteiger partial charge on any atom is 0.353 e. The Bertz CT molecular complexity index is 1170. The van der Waals surface area contributed by atoms with E-state index in [2.05, 4.69) is 25.2 Å². The van der Waals surface area contributed by atoms with E-state index in [1.54, 1.807) is 12.1 Å². The minimum Gasteiger partial charge on any atom is -0.454 e. The maximum atomic E-state index is 11.9. The van der Waals surface area contributed by atoms with Crippen LogP contribution < -0.4 is 19.7 Å². The second-order valence-electron chi connectivity index (χ2n) is 7.59. The quantitative estimate of drug-likeness (QED) is 0.425. The van der Waals surface area contributed by atoms with Crippen LogP contribution in [0.2, 0.25) is 5.02 Å². The molecule has 33 heavy (non-hydrogen) atoms. The first-order valence-corrected chi connectivity index (χ1v) is 10.7. The molecule has 2 aliphatic heterocycles.